The lowest BCUT2D eigenvalue weighted by molar-refractivity contribution is 0.153. The van der Waals surface area contributed by atoms with Crippen molar-refractivity contribution < 1.29 is 13.2 Å². The minimum Gasteiger partial charge on any atom is -0.314 e. The van der Waals surface area contributed by atoms with Crippen LogP contribution in [0.5, 0.6) is 0 Å². The summed E-state index contributed by atoms with van der Waals surface area (Å²) in [6, 6.07) is 1.55. The molecule has 1 N–H and O–H groups in total. The van der Waals surface area contributed by atoms with Crippen molar-refractivity contribution in [2.45, 2.75) is 25.3 Å². The lowest BCUT2D eigenvalue weighted by Crippen LogP contribution is -2.45. The van der Waals surface area contributed by atoms with E-state index in [-0.39, 0.29) is 36.4 Å². The standard InChI is InChI=1S/C15H19F3N2.2ClH/c16-11-3-4-12(17)15(18)14(11)13(9-10-1-2-10)20-7-5-19-6-8-20;;/h3-4,10,13,19H,1-2,5-9H2;2*1H/t13-;;/m1../s1. The molecule has 0 amide bonds. The van der Waals surface area contributed by atoms with Crippen molar-refractivity contribution in [1.82, 2.24) is 10.2 Å². The van der Waals surface area contributed by atoms with Gasteiger partial charge in [0.2, 0.25) is 0 Å². The molecule has 1 saturated carbocycles. The second-order valence-corrected chi connectivity index (χ2v) is 5.74. The van der Waals surface area contributed by atoms with Crippen molar-refractivity contribution in [1.29, 1.82) is 0 Å². The summed E-state index contributed by atoms with van der Waals surface area (Å²) in [5.74, 6) is -2.09. The summed E-state index contributed by atoms with van der Waals surface area (Å²) in [4.78, 5) is 2.08. The van der Waals surface area contributed by atoms with E-state index in [2.05, 4.69) is 10.2 Å². The molecule has 3 rings (SSSR count). The first kappa shape index (κ1) is 19.6. The molecule has 1 heterocycles. The fraction of sp³-hybridized carbons (Fsp3) is 0.600. The summed E-state index contributed by atoms with van der Waals surface area (Å²) < 4.78 is 41.6. The monoisotopic (exact) mass is 356 g/mol. The molecule has 2 aliphatic rings. The molecular formula is C15H21Cl2F3N2. The number of hydrogen-bond donors (Lipinski definition) is 1. The molecular weight excluding hydrogens is 336 g/mol. The second-order valence-electron chi connectivity index (χ2n) is 5.74. The first-order valence-corrected chi connectivity index (χ1v) is 7.25. The quantitative estimate of drug-likeness (QED) is 0.827. The Bertz CT molecular complexity index is 492. The Morgan fingerprint density at radius 3 is 2.23 bits per heavy atom. The van der Waals surface area contributed by atoms with Crippen LogP contribution >= 0.6 is 24.8 Å². The number of halogens is 5. The zero-order valence-corrected chi connectivity index (χ0v) is 13.8. The van der Waals surface area contributed by atoms with Crippen LogP contribution in [0.2, 0.25) is 0 Å². The maximum atomic E-state index is 14.1. The van der Waals surface area contributed by atoms with Gasteiger partial charge >= 0.3 is 0 Å². The van der Waals surface area contributed by atoms with E-state index >= 15 is 0 Å². The van der Waals surface area contributed by atoms with Crippen molar-refractivity contribution in [3.05, 3.63) is 35.1 Å². The topological polar surface area (TPSA) is 15.3 Å². The van der Waals surface area contributed by atoms with Crippen LogP contribution in [-0.4, -0.2) is 31.1 Å². The molecule has 0 unspecified atom stereocenters. The summed E-state index contributed by atoms with van der Waals surface area (Å²) in [6.07, 6.45) is 2.94. The highest BCUT2D eigenvalue weighted by atomic mass is 35.5. The van der Waals surface area contributed by atoms with Crippen LogP contribution < -0.4 is 5.32 Å². The number of benzene rings is 1. The van der Waals surface area contributed by atoms with Gasteiger partial charge < -0.3 is 5.32 Å². The summed E-state index contributed by atoms with van der Waals surface area (Å²) in [6.45, 7) is 3.10. The van der Waals surface area contributed by atoms with Crippen LogP contribution in [0.15, 0.2) is 12.1 Å². The zero-order valence-electron chi connectivity index (χ0n) is 12.2. The Morgan fingerprint density at radius 1 is 1.05 bits per heavy atom. The van der Waals surface area contributed by atoms with E-state index in [0.717, 1.165) is 57.6 Å². The lowest BCUT2D eigenvalue weighted by atomic mass is 9.97. The highest BCUT2D eigenvalue weighted by Gasteiger charge is 2.34. The third-order valence-corrected chi connectivity index (χ3v) is 4.26. The van der Waals surface area contributed by atoms with Gasteiger partial charge in [-0.2, -0.15) is 0 Å². The number of piperazine rings is 1. The highest BCUT2D eigenvalue weighted by molar-refractivity contribution is 5.85. The fourth-order valence-corrected chi connectivity index (χ4v) is 2.96. The molecule has 1 atom stereocenters. The Morgan fingerprint density at radius 2 is 1.64 bits per heavy atom. The predicted molar refractivity (Wildman–Crippen MR) is 85.3 cm³/mol. The lowest BCUT2D eigenvalue weighted by Gasteiger charge is -2.35. The average Bonchev–Trinajstić information content (AvgIpc) is 3.27. The minimum atomic E-state index is -1.02. The van der Waals surface area contributed by atoms with Crippen molar-refractivity contribution in [2.24, 2.45) is 5.92 Å². The van der Waals surface area contributed by atoms with Gasteiger partial charge in [0.1, 0.15) is 5.82 Å². The van der Waals surface area contributed by atoms with Crippen molar-refractivity contribution in [3.63, 3.8) is 0 Å². The summed E-state index contributed by atoms with van der Waals surface area (Å²) >= 11 is 0. The molecule has 1 saturated heterocycles. The molecule has 0 aromatic heterocycles. The molecule has 2 nitrogen and oxygen atoms in total. The molecule has 1 aliphatic carbocycles. The molecule has 7 heteroatoms. The highest BCUT2D eigenvalue weighted by Crippen LogP contribution is 2.41. The van der Waals surface area contributed by atoms with Crippen LogP contribution in [0.25, 0.3) is 0 Å². The predicted octanol–water partition coefficient (Wildman–Crippen LogP) is 3.69. The third-order valence-electron chi connectivity index (χ3n) is 4.26. The maximum absolute atomic E-state index is 14.1. The minimum absolute atomic E-state index is 0. The van der Waals surface area contributed by atoms with E-state index in [1.54, 1.807) is 0 Å². The van der Waals surface area contributed by atoms with Crippen LogP contribution in [0.3, 0.4) is 0 Å². The molecule has 0 spiro atoms. The van der Waals surface area contributed by atoms with Gasteiger partial charge in [0, 0.05) is 37.8 Å². The van der Waals surface area contributed by atoms with Crippen LogP contribution in [-0.2, 0) is 0 Å². The molecule has 22 heavy (non-hydrogen) atoms. The largest absolute Gasteiger partial charge is 0.314 e. The van der Waals surface area contributed by atoms with E-state index in [0.29, 0.717) is 5.92 Å². The molecule has 0 bridgehead atoms. The van der Waals surface area contributed by atoms with E-state index in [4.69, 9.17) is 0 Å². The summed E-state index contributed by atoms with van der Waals surface area (Å²) in [5, 5.41) is 3.23. The molecule has 1 aromatic carbocycles. The SMILES string of the molecule is Cl.Cl.Fc1ccc(F)c([C@@H](CC2CC2)N2CCNCC2)c1F. The van der Waals surface area contributed by atoms with Gasteiger partial charge in [0.05, 0.1) is 0 Å². The summed E-state index contributed by atoms with van der Waals surface area (Å²) in [7, 11) is 0. The first-order chi connectivity index (χ1) is 9.66. The van der Waals surface area contributed by atoms with E-state index in [1.165, 1.54) is 0 Å². The van der Waals surface area contributed by atoms with Gasteiger partial charge in [0.15, 0.2) is 11.6 Å². The Hall–Kier alpha value is -0.490. The average molecular weight is 357 g/mol. The number of rotatable bonds is 4. The van der Waals surface area contributed by atoms with Gasteiger partial charge in [-0.15, -0.1) is 24.8 Å². The zero-order chi connectivity index (χ0) is 14.1. The van der Waals surface area contributed by atoms with E-state index in [9.17, 15) is 13.2 Å². The number of nitrogens with zero attached hydrogens (tertiary/aromatic N) is 1. The van der Waals surface area contributed by atoms with Gasteiger partial charge in [-0.05, 0) is 24.5 Å². The Balaban J connectivity index is 0.00000121. The normalized spacial score (nSPS) is 20.0. The van der Waals surface area contributed by atoms with Crippen LogP contribution in [0.4, 0.5) is 13.2 Å². The molecule has 1 aliphatic heterocycles. The van der Waals surface area contributed by atoms with Gasteiger partial charge in [-0.1, -0.05) is 12.8 Å². The smallest absolute Gasteiger partial charge is 0.166 e. The molecule has 0 radical (unpaired) electrons. The van der Waals surface area contributed by atoms with Crippen molar-refractivity contribution >= 4 is 24.8 Å². The Labute approximate surface area is 141 Å². The summed E-state index contributed by atoms with van der Waals surface area (Å²) in [5.41, 5.74) is -0.0844. The van der Waals surface area contributed by atoms with Crippen molar-refractivity contribution in [3.8, 4) is 0 Å². The number of nitrogens with one attached hydrogen (secondary N) is 1. The number of hydrogen-bond acceptors (Lipinski definition) is 2. The Kier molecular flexibility index (Phi) is 7.46. The molecule has 2 fully saturated rings. The second kappa shape index (κ2) is 8.39. The van der Waals surface area contributed by atoms with Crippen molar-refractivity contribution in [2.75, 3.05) is 26.2 Å². The van der Waals surface area contributed by atoms with Gasteiger partial charge in [-0.3, -0.25) is 4.90 Å². The maximum Gasteiger partial charge on any atom is 0.166 e. The van der Waals surface area contributed by atoms with Crippen LogP contribution in [0.1, 0.15) is 30.9 Å². The van der Waals surface area contributed by atoms with E-state index < -0.39 is 17.5 Å². The third kappa shape index (κ3) is 4.28. The molecule has 1 aromatic rings. The fourth-order valence-electron chi connectivity index (χ4n) is 2.96. The van der Waals surface area contributed by atoms with E-state index in [1.807, 2.05) is 0 Å². The van der Waals surface area contributed by atoms with Gasteiger partial charge in [0.25, 0.3) is 0 Å². The molecule has 126 valence electrons. The van der Waals surface area contributed by atoms with Crippen LogP contribution in [0, 0.1) is 23.4 Å². The first-order valence-electron chi connectivity index (χ1n) is 7.25. The van der Waals surface area contributed by atoms with Gasteiger partial charge in [-0.25, -0.2) is 13.2 Å².